The molecule has 9 nitrogen and oxygen atoms in total. The molecule has 2 saturated heterocycles. The van der Waals surface area contributed by atoms with Crippen LogP contribution in [0.25, 0.3) is 11.8 Å². The molecular weight excluding hydrogens is 540 g/mol. The molecule has 3 heterocycles. The molecule has 2 aliphatic rings. The van der Waals surface area contributed by atoms with Gasteiger partial charge in [-0.05, 0) is 106 Å². The number of nitro benzene ring substituents is 1. The topological polar surface area (TPSA) is 97.9 Å². The SMILES string of the molecule is Cc1ccc(C)c(OCCN2C(=O)S/C(=C\c3cc(C)n(-c4ccc(N5CCCCC5)c([N+](=O)[O-])c4)c3C)C2=O)c1. The summed E-state index contributed by atoms with van der Waals surface area (Å²) < 4.78 is 7.81. The lowest BCUT2D eigenvalue weighted by atomic mass is 10.1. The summed E-state index contributed by atoms with van der Waals surface area (Å²) in [4.78, 5) is 41.2. The number of carbonyl (C=O) groups excluding carboxylic acids is 2. The third kappa shape index (κ3) is 5.88. The van der Waals surface area contributed by atoms with Crippen molar-refractivity contribution in [2.75, 3.05) is 31.1 Å². The van der Waals surface area contributed by atoms with Gasteiger partial charge >= 0.3 is 0 Å². The number of hydrogen-bond donors (Lipinski definition) is 0. The molecule has 41 heavy (non-hydrogen) atoms. The van der Waals surface area contributed by atoms with E-state index in [0.717, 1.165) is 77.9 Å². The van der Waals surface area contributed by atoms with Crippen molar-refractivity contribution in [1.82, 2.24) is 9.47 Å². The predicted molar refractivity (Wildman–Crippen MR) is 162 cm³/mol. The smallest absolute Gasteiger partial charge is 0.294 e. The highest BCUT2D eigenvalue weighted by Crippen LogP contribution is 2.36. The Morgan fingerprint density at radius 1 is 1.00 bits per heavy atom. The zero-order valence-corrected chi connectivity index (χ0v) is 24.6. The Morgan fingerprint density at radius 2 is 1.76 bits per heavy atom. The standard InChI is InChI=1S/C31H34N4O5S/c1-20-8-9-21(2)28(16-20)40-15-14-33-30(36)29(41-31(33)37)18-24-17-22(3)34(23(24)4)25-10-11-26(27(19-25)35(38)39)32-12-6-5-7-13-32/h8-11,16-19H,5-7,12-15H2,1-4H3/b29-18-. The molecule has 0 atom stereocenters. The quantitative estimate of drug-likeness (QED) is 0.167. The fourth-order valence-corrected chi connectivity index (χ4v) is 6.33. The summed E-state index contributed by atoms with van der Waals surface area (Å²) in [6, 6.07) is 13.2. The highest BCUT2D eigenvalue weighted by molar-refractivity contribution is 8.18. The maximum absolute atomic E-state index is 13.1. The van der Waals surface area contributed by atoms with Gasteiger partial charge in [0, 0.05) is 30.5 Å². The normalized spacial score (nSPS) is 16.6. The molecule has 3 aromatic rings. The first-order valence-corrected chi connectivity index (χ1v) is 14.6. The largest absolute Gasteiger partial charge is 0.491 e. The fraction of sp³-hybridized carbons (Fsp3) is 0.355. The lowest BCUT2D eigenvalue weighted by molar-refractivity contribution is -0.384. The van der Waals surface area contributed by atoms with Gasteiger partial charge in [-0.2, -0.15) is 0 Å². The molecule has 0 aliphatic carbocycles. The summed E-state index contributed by atoms with van der Waals surface area (Å²) in [7, 11) is 0. The van der Waals surface area contributed by atoms with Gasteiger partial charge in [-0.15, -0.1) is 0 Å². The van der Waals surface area contributed by atoms with Crippen LogP contribution in [0, 0.1) is 37.8 Å². The molecule has 1 aromatic heterocycles. The number of anilines is 1. The van der Waals surface area contributed by atoms with Crippen molar-refractivity contribution >= 4 is 40.4 Å². The van der Waals surface area contributed by atoms with Gasteiger partial charge in [-0.1, -0.05) is 12.1 Å². The highest BCUT2D eigenvalue weighted by Gasteiger charge is 2.35. The lowest BCUT2D eigenvalue weighted by Crippen LogP contribution is -2.32. The van der Waals surface area contributed by atoms with E-state index >= 15 is 0 Å². The van der Waals surface area contributed by atoms with Gasteiger partial charge in [0.2, 0.25) is 0 Å². The van der Waals surface area contributed by atoms with Crippen LogP contribution in [-0.2, 0) is 4.79 Å². The second-order valence-electron chi connectivity index (χ2n) is 10.6. The van der Waals surface area contributed by atoms with Crippen LogP contribution in [0.15, 0.2) is 47.4 Å². The molecule has 5 rings (SSSR count). The second kappa shape index (κ2) is 11.8. The van der Waals surface area contributed by atoms with E-state index in [1.165, 1.54) is 4.90 Å². The van der Waals surface area contributed by atoms with Crippen LogP contribution in [-0.4, -0.2) is 51.8 Å². The molecular formula is C31H34N4O5S. The van der Waals surface area contributed by atoms with E-state index in [2.05, 4.69) is 4.90 Å². The van der Waals surface area contributed by atoms with Crippen LogP contribution < -0.4 is 9.64 Å². The number of piperidine rings is 1. The monoisotopic (exact) mass is 574 g/mol. The first-order valence-electron chi connectivity index (χ1n) is 13.8. The van der Waals surface area contributed by atoms with E-state index < -0.39 is 0 Å². The number of benzene rings is 2. The fourth-order valence-electron chi connectivity index (χ4n) is 5.47. The number of nitrogens with zero attached hydrogens (tertiary/aromatic N) is 4. The van der Waals surface area contributed by atoms with Crippen LogP contribution in [0.3, 0.4) is 0 Å². The summed E-state index contributed by atoms with van der Waals surface area (Å²) in [6.45, 7) is 9.76. The molecule has 10 heteroatoms. The number of ether oxygens (including phenoxy) is 1. The lowest BCUT2D eigenvalue weighted by Gasteiger charge is -2.28. The summed E-state index contributed by atoms with van der Waals surface area (Å²) in [6.07, 6.45) is 4.94. The Labute approximate surface area is 243 Å². The van der Waals surface area contributed by atoms with E-state index in [9.17, 15) is 19.7 Å². The maximum atomic E-state index is 13.1. The van der Waals surface area contributed by atoms with Gasteiger partial charge in [-0.25, -0.2) is 0 Å². The molecule has 2 aromatic carbocycles. The van der Waals surface area contributed by atoms with Crippen molar-refractivity contribution in [2.45, 2.75) is 47.0 Å². The Bertz CT molecular complexity index is 1550. The molecule has 0 spiro atoms. The number of aromatic nitrogens is 1. The molecule has 2 aliphatic heterocycles. The van der Waals surface area contributed by atoms with E-state index in [4.69, 9.17) is 4.74 Å². The number of carbonyl (C=O) groups is 2. The van der Waals surface area contributed by atoms with E-state index in [1.807, 2.05) is 68.7 Å². The molecule has 0 unspecified atom stereocenters. The number of thioether (sulfide) groups is 1. The van der Waals surface area contributed by atoms with E-state index in [-0.39, 0.29) is 34.9 Å². The van der Waals surface area contributed by atoms with Crippen molar-refractivity contribution < 1.29 is 19.2 Å². The third-order valence-corrected chi connectivity index (χ3v) is 8.56. The van der Waals surface area contributed by atoms with E-state index in [0.29, 0.717) is 16.3 Å². The number of aryl methyl sites for hydroxylation is 3. The third-order valence-electron chi connectivity index (χ3n) is 7.66. The minimum absolute atomic E-state index is 0.0858. The van der Waals surface area contributed by atoms with Crippen LogP contribution in [0.4, 0.5) is 16.2 Å². The number of nitro groups is 1. The molecule has 0 bridgehead atoms. The van der Waals surface area contributed by atoms with Crippen LogP contribution >= 0.6 is 11.8 Å². The van der Waals surface area contributed by atoms with Crippen LogP contribution in [0.5, 0.6) is 5.75 Å². The van der Waals surface area contributed by atoms with Crippen molar-refractivity contribution in [3.63, 3.8) is 0 Å². The first kappa shape index (κ1) is 28.5. The predicted octanol–water partition coefficient (Wildman–Crippen LogP) is 6.72. The summed E-state index contributed by atoms with van der Waals surface area (Å²) in [5, 5.41) is 11.7. The highest BCUT2D eigenvalue weighted by atomic mass is 32.2. The molecule has 0 radical (unpaired) electrons. The van der Waals surface area contributed by atoms with Crippen molar-refractivity contribution in [3.8, 4) is 11.4 Å². The zero-order chi connectivity index (χ0) is 29.3. The van der Waals surface area contributed by atoms with Crippen LogP contribution in [0.2, 0.25) is 0 Å². The van der Waals surface area contributed by atoms with Gasteiger partial charge in [-0.3, -0.25) is 24.6 Å². The van der Waals surface area contributed by atoms with Crippen LogP contribution in [0.1, 0.15) is 47.3 Å². The first-order chi connectivity index (χ1) is 19.6. The molecule has 0 N–H and O–H groups in total. The Kier molecular flexibility index (Phi) is 8.21. The zero-order valence-electron chi connectivity index (χ0n) is 23.8. The number of rotatable bonds is 8. The van der Waals surface area contributed by atoms with Crippen molar-refractivity contribution in [2.24, 2.45) is 0 Å². The van der Waals surface area contributed by atoms with Gasteiger partial charge < -0.3 is 14.2 Å². The Hall–Kier alpha value is -4.05. The van der Waals surface area contributed by atoms with Gasteiger partial charge in [0.15, 0.2) is 0 Å². The minimum Gasteiger partial charge on any atom is -0.491 e. The molecule has 2 fully saturated rings. The summed E-state index contributed by atoms with van der Waals surface area (Å²) in [5.74, 6) is 0.389. The average Bonchev–Trinajstić information content (AvgIpc) is 3.38. The minimum atomic E-state index is -0.351. The maximum Gasteiger partial charge on any atom is 0.294 e. The van der Waals surface area contributed by atoms with Gasteiger partial charge in [0.05, 0.1) is 22.1 Å². The molecule has 0 saturated carbocycles. The van der Waals surface area contributed by atoms with Crippen molar-refractivity contribution in [3.05, 3.63) is 85.6 Å². The number of amides is 2. The summed E-state index contributed by atoms with van der Waals surface area (Å²) >= 11 is 0.911. The Balaban J connectivity index is 1.35. The second-order valence-corrected chi connectivity index (χ2v) is 11.6. The van der Waals surface area contributed by atoms with E-state index in [1.54, 1.807) is 12.1 Å². The molecule has 214 valence electrons. The number of hydrogen-bond acceptors (Lipinski definition) is 7. The van der Waals surface area contributed by atoms with Crippen molar-refractivity contribution in [1.29, 1.82) is 0 Å². The summed E-state index contributed by atoms with van der Waals surface area (Å²) in [5.41, 5.74) is 5.96. The van der Waals surface area contributed by atoms with Gasteiger partial charge in [0.25, 0.3) is 16.8 Å². The van der Waals surface area contributed by atoms with Gasteiger partial charge in [0.1, 0.15) is 18.0 Å². The number of imide groups is 1. The Morgan fingerprint density at radius 3 is 2.49 bits per heavy atom. The molecule has 2 amide bonds. The average molecular weight is 575 g/mol.